The Labute approximate surface area is 126 Å². The predicted molar refractivity (Wildman–Crippen MR) is 70.4 cm³/mol. The Hall–Kier alpha value is -1.94. The molecule has 2 atom stereocenters. The van der Waals surface area contributed by atoms with Crippen molar-refractivity contribution in [1.29, 1.82) is 0 Å². The minimum absolute atomic E-state index is 0.0314. The second kappa shape index (κ2) is 6.44. The summed E-state index contributed by atoms with van der Waals surface area (Å²) in [6.07, 6.45) is -3.01. The highest BCUT2D eigenvalue weighted by Gasteiger charge is 2.31. The van der Waals surface area contributed by atoms with E-state index < -0.39 is 23.3 Å². The van der Waals surface area contributed by atoms with Crippen LogP contribution in [0.25, 0.3) is 0 Å². The van der Waals surface area contributed by atoms with Crippen molar-refractivity contribution in [3.63, 3.8) is 0 Å². The second-order valence-corrected chi connectivity index (χ2v) is 5.61. The number of hydrogen-bond donors (Lipinski definition) is 1. The number of rotatable bonds is 5. The fourth-order valence-electron chi connectivity index (χ4n) is 1.67. The average molecular weight is 335 g/mol. The van der Waals surface area contributed by atoms with Gasteiger partial charge in [-0.05, 0) is 17.7 Å². The third-order valence-corrected chi connectivity index (χ3v) is 3.33. The van der Waals surface area contributed by atoms with Gasteiger partial charge in [-0.15, -0.1) is 18.3 Å². The fourth-order valence-corrected chi connectivity index (χ4v) is 2.09. The molecule has 0 amide bonds. The van der Waals surface area contributed by atoms with E-state index in [1.807, 2.05) is 0 Å². The van der Waals surface area contributed by atoms with Gasteiger partial charge in [0.2, 0.25) is 5.16 Å². The number of nitrogens with zero attached hydrogens (tertiary/aromatic N) is 3. The Kier molecular flexibility index (Phi) is 4.81. The molecule has 1 aromatic carbocycles. The van der Waals surface area contributed by atoms with E-state index >= 15 is 0 Å². The van der Waals surface area contributed by atoms with E-state index in [-0.39, 0.29) is 17.5 Å². The molecular formula is C12H12F3N3O3S. The summed E-state index contributed by atoms with van der Waals surface area (Å²) in [5.41, 5.74) is 0.393. The van der Waals surface area contributed by atoms with Gasteiger partial charge in [0.25, 0.3) is 0 Å². The first-order chi connectivity index (χ1) is 10.2. The van der Waals surface area contributed by atoms with E-state index in [0.29, 0.717) is 5.56 Å². The average Bonchev–Trinajstić information content (AvgIpc) is 2.86. The molecule has 0 unspecified atom stereocenters. The van der Waals surface area contributed by atoms with Crippen LogP contribution in [0.5, 0.6) is 5.75 Å². The molecule has 6 nitrogen and oxygen atoms in total. The van der Waals surface area contributed by atoms with E-state index in [1.165, 1.54) is 29.4 Å². The highest BCUT2D eigenvalue weighted by molar-refractivity contribution is 7.84. The van der Waals surface area contributed by atoms with Crippen LogP contribution in [-0.2, 0) is 17.3 Å². The summed E-state index contributed by atoms with van der Waals surface area (Å²) in [4.78, 5) is 3.81. The summed E-state index contributed by atoms with van der Waals surface area (Å²) in [7, 11) is -1.33. The number of hydrogen-bond acceptors (Lipinski definition) is 5. The van der Waals surface area contributed by atoms with Crippen LogP contribution in [0.1, 0.15) is 11.7 Å². The molecule has 10 heteroatoms. The van der Waals surface area contributed by atoms with Crippen LogP contribution in [0.3, 0.4) is 0 Å². The van der Waals surface area contributed by atoms with Crippen molar-refractivity contribution in [1.82, 2.24) is 14.8 Å². The molecule has 0 fully saturated rings. The van der Waals surface area contributed by atoms with Crippen LogP contribution in [0.4, 0.5) is 13.2 Å². The lowest BCUT2D eigenvalue weighted by Gasteiger charge is -2.12. The van der Waals surface area contributed by atoms with Crippen molar-refractivity contribution in [2.75, 3.05) is 6.26 Å². The zero-order valence-electron chi connectivity index (χ0n) is 11.3. The van der Waals surface area contributed by atoms with Gasteiger partial charge in [-0.2, -0.15) is 0 Å². The van der Waals surface area contributed by atoms with Crippen molar-refractivity contribution in [2.45, 2.75) is 24.2 Å². The molecular weight excluding hydrogens is 323 g/mol. The summed E-state index contributed by atoms with van der Waals surface area (Å²) in [6, 6.07) is 4.86. The van der Waals surface area contributed by atoms with Crippen molar-refractivity contribution in [2.24, 2.45) is 0 Å². The lowest BCUT2D eigenvalue weighted by atomic mass is 10.1. The van der Waals surface area contributed by atoms with Gasteiger partial charge in [0.1, 0.15) is 12.1 Å². The van der Waals surface area contributed by atoms with Crippen molar-refractivity contribution in [3.05, 3.63) is 36.2 Å². The van der Waals surface area contributed by atoms with Crippen molar-refractivity contribution >= 4 is 10.8 Å². The van der Waals surface area contributed by atoms with Gasteiger partial charge in [-0.25, -0.2) is 9.67 Å². The maximum atomic E-state index is 12.0. The Morgan fingerprint density at radius 3 is 2.50 bits per heavy atom. The van der Waals surface area contributed by atoms with E-state index in [2.05, 4.69) is 14.8 Å². The maximum absolute atomic E-state index is 12.0. The molecule has 0 saturated heterocycles. The summed E-state index contributed by atoms with van der Waals surface area (Å²) >= 11 is 0. The third-order valence-electron chi connectivity index (χ3n) is 2.63. The largest absolute Gasteiger partial charge is 0.573 e. The minimum Gasteiger partial charge on any atom is -0.406 e. The number of aliphatic hydroxyl groups excluding tert-OH is 1. The monoisotopic (exact) mass is 335 g/mol. The topological polar surface area (TPSA) is 77.2 Å². The second-order valence-electron chi connectivity index (χ2n) is 4.34. The number of alkyl halides is 3. The summed E-state index contributed by atoms with van der Waals surface area (Å²) in [5, 5.41) is 14.1. The molecule has 0 bridgehead atoms. The Balaban J connectivity index is 2.02. The summed E-state index contributed by atoms with van der Waals surface area (Å²) in [5.74, 6) is -0.368. The number of halogens is 3. The number of aromatic nitrogens is 3. The predicted octanol–water partition coefficient (Wildman–Crippen LogP) is 1.65. The normalized spacial score (nSPS) is 14.6. The van der Waals surface area contributed by atoms with Gasteiger partial charge in [-0.3, -0.25) is 4.21 Å². The first-order valence-corrected chi connectivity index (χ1v) is 7.57. The number of ether oxygens (including phenoxy) is 1. The van der Waals surface area contributed by atoms with E-state index in [1.54, 1.807) is 0 Å². The summed E-state index contributed by atoms with van der Waals surface area (Å²) < 4.78 is 52.3. The van der Waals surface area contributed by atoms with Gasteiger partial charge in [0, 0.05) is 6.26 Å². The standard InChI is InChI=1S/C12H12F3N3O3S/c1-22(20)11-16-7-18(17-11)6-10(19)8-2-4-9(5-3-8)21-12(13,14)15/h2-5,7,10,19H,6H2,1H3/t10-,22-/m1/s1. The van der Waals surface area contributed by atoms with Crippen LogP contribution >= 0.6 is 0 Å². The highest BCUT2D eigenvalue weighted by atomic mass is 32.2. The molecule has 0 radical (unpaired) electrons. The molecule has 0 saturated carbocycles. The first-order valence-electron chi connectivity index (χ1n) is 6.01. The van der Waals surface area contributed by atoms with Gasteiger partial charge in [0.15, 0.2) is 0 Å². The van der Waals surface area contributed by atoms with E-state index in [4.69, 9.17) is 0 Å². The van der Waals surface area contributed by atoms with Gasteiger partial charge < -0.3 is 9.84 Å². The zero-order chi connectivity index (χ0) is 16.3. The quantitative estimate of drug-likeness (QED) is 0.899. The van der Waals surface area contributed by atoms with Crippen LogP contribution in [-0.4, -0.2) is 36.7 Å². The van der Waals surface area contributed by atoms with Gasteiger partial charge in [0.05, 0.1) is 23.4 Å². The fraction of sp³-hybridized carbons (Fsp3) is 0.333. The highest BCUT2D eigenvalue weighted by Crippen LogP contribution is 2.24. The lowest BCUT2D eigenvalue weighted by Crippen LogP contribution is -2.17. The van der Waals surface area contributed by atoms with Gasteiger partial charge >= 0.3 is 6.36 Å². The lowest BCUT2D eigenvalue weighted by molar-refractivity contribution is -0.274. The molecule has 0 aliphatic rings. The van der Waals surface area contributed by atoms with Crippen LogP contribution in [0, 0.1) is 0 Å². The van der Waals surface area contributed by atoms with E-state index in [0.717, 1.165) is 12.1 Å². The smallest absolute Gasteiger partial charge is 0.406 e. The Morgan fingerprint density at radius 1 is 1.36 bits per heavy atom. The molecule has 1 heterocycles. The molecule has 0 aliphatic carbocycles. The third kappa shape index (κ3) is 4.53. The minimum atomic E-state index is -4.76. The number of benzene rings is 1. The Bertz CT molecular complexity index is 658. The zero-order valence-corrected chi connectivity index (χ0v) is 12.1. The summed E-state index contributed by atoms with van der Waals surface area (Å²) in [6.45, 7) is 0.0314. The first kappa shape index (κ1) is 16.4. The van der Waals surface area contributed by atoms with Crippen molar-refractivity contribution < 1.29 is 27.2 Å². The molecule has 2 rings (SSSR count). The van der Waals surface area contributed by atoms with Crippen LogP contribution in [0.15, 0.2) is 35.7 Å². The molecule has 1 N–H and O–H groups in total. The number of aliphatic hydroxyl groups is 1. The Morgan fingerprint density at radius 2 is 2.00 bits per heavy atom. The molecule has 1 aromatic heterocycles. The van der Waals surface area contributed by atoms with Crippen LogP contribution in [0.2, 0.25) is 0 Å². The SMILES string of the molecule is C[S@@](=O)c1ncn(C[C@@H](O)c2ccc(OC(F)(F)F)cc2)n1. The molecule has 0 aliphatic heterocycles. The van der Waals surface area contributed by atoms with Gasteiger partial charge in [-0.1, -0.05) is 12.1 Å². The van der Waals surface area contributed by atoms with Crippen molar-refractivity contribution in [3.8, 4) is 5.75 Å². The molecule has 22 heavy (non-hydrogen) atoms. The molecule has 0 spiro atoms. The van der Waals surface area contributed by atoms with E-state index in [9.17, 15) is 22.5 Å². The maximum Gasteiger partial charge on any atom is 0.573 e. The molecule has 120 valence electrons. The van der Waals surface area contributed by atoms with Crippen LogP contribution < -0.4 is 4.74 Å². The molecule has 2 aromatic rings.